The fraction of sp³-hybridized carbons (Fsp3) is 0.583. The Labute approximate surface area is 121 Å². The number of halogens is 1. The van der Waals surface area contributed by atoms with Crippen molar-refractivity contribution in [3.05, 3.63) is 19.9 Å². The second kappa shape index (κ2) is 6.70. The summed E-state index contributed by atoms with van der Waals surface area (Å²) in [5.41, 5.74) is 6.75. The molecular weight excluding hydrogens is 347 g/mol. The Balaban J connectivity index is 2.48. The molecule has 0 aliphatic rings. The Hall–Kier alpha value is -0.140. The van der Waals surface area contributed by atoms with Crippen LogP contribution in [0.25, 0.3) is 0 Å². The number of nitrogens with two attached hydrogens (primary N) is 1. The number of hydrogen-bond acceptors (Lipinski definition) is 3. The molecule has 5 heteroatoms. The van der Waals surface area contributed by atoms with Crippen LogP contribution in [0.4, 0.5) is 0 Å². The Bertz CT molecular complexity index is 378. The first-order valence-electron chi connectivity index (χ1n) is 5.67. The number of amides is 1. The van der Waals surface area contributed by atoms with E-state index in [0.717, 1.165) is 14.9 Å². The van der Waals surface area contributed by atoms with Gasteiger partial charge in [0.15, 0.2) is 0 Å². The molecular formula is C12H19IN2OS. The molecule has 2 N–H and O–H groups in total. The van der Waals surface area contributed by atoms with E-state index in [2.05, 4.69) is 36.4 Å². The smallest absolute Gasteiger partial charge is 0.254 e. The van der Waals surface area contributed by atoms with E-state index in [-0.39, 0.29) is 11.9 Å². The Morgan fingerprint density at radius 1 is 1.59 bits per heavy atom. The molecule has 0 radical (unpaired) electrons. The number of rotatable bonds is 5. The lowest BCUT2D eigenvalue weighted by molar-refractivity contribution is 0.0789. The maximum absolute atomic E-state index is 12.0. The minimum atomic E-state index is 0.0834. The monoisotopic (exact) mass is 366 g/mol. The van der Waals surface area contributed by atoms with Gasteiger partial charge in [-0.1, -0.05) is 13.8 Å². The van der Waals surface area contributed by atoms with Crippen molar-refractivity contribution in [2.24, 2.45) is 11.7 Å². The van der Waals surface area contributed by atoms with E-state index in [1.54, 1.807) is 16.2 Å². The number of thiophene rings is 1. The van der Waals surface area contributed by atoms with Crippen LogP contribution in [0.15, 0.2) is 11.4 Å². The highest BCUT2D eigenvalue weighted by Crippen LogP contribution is 2.18. The normalized spacial score (nSPS) is 12.8. The number of nitrogens with zero attached hydrogens (tertiary/aromatic N) is 1. The molecule has 1 aromatic heterocycles. The lowest BCUT2D eigenvalue weighted by Crippen LogP contribution is -2.34. The molecule has 0 aliphatic heterocycles. The maximum Gasteiger partial charge on any atom is 0.254 e. The molecule has 17 heavy (non-hydrogen) atoms. The molecule has 0 aliphatic carbocycles. The van der Waals surface area contributed by atoms with Gasteiger partial charge in [-0.05, 0) is 41.0 Å². The summed E-state index contributed by atoms with van der Waals surface area (Å²) in [6.07, 6.45) is 0.848. The van der Waals surface area contributed by atoms with Crippen LogP contribution in [0, 0.1) is 8.80 Å². The van der Waals surface area contributed by atoms with Crippen LogP contribution in [0.3, 0.4) is 0 Å². The minimum absolute atomic E-state index is 0.0834. The van der Waals surface area contributed by atoms with Crippen LogP contribution in [0.1, 0.15) is 30.6 Å². The molecule has 1 atom stereocenters. The van der Waals surface area contributed by atoms with E-state index in [1.165, 1.54) is 0 Å². The van der Waals surface area contributed by atoms with Gasteiger partial charge in [-0.3, -0.25) is 4.79 Å². The lowest BCUT2D eigenvalue weighted by atomic mass is 10.0. The first-order valence-corrected chi connectivity index (χ1v) is 7.62. The largest absolute Gasteiger partial charge is 0.342 e. The Morgan fingerprint density at radius 3 is 2.71 bits per heavy atom. The van der Waals surface area contributed by atoms with Gasteiger partial charge >= 0.3 is 0 Å². The van der Waals surface area contributed by atoms with Gasteiger partial charge in [0.25, 0.3) is 5.91 Å². The average Bonchev–Trinajstić information content (AvgIpc) is 2.70. The molecule has 1 heterocycles. The van der Waals surface area contributed by atoms with Crippen molar-refractivity contribution in [2.45, 2.75) is 26.3 Å². The third-order valence-electron chi connectivity index (χ3n) is 2.82. The second-order valence-corrected chi connectivity index (χ2v) is 7.37. The highest BCUT2D eigenvalue weighted by molar-refractivity contribution is 14.1. The van der Waals surface area contributed by atoms with E-state index in [4.69, 9.17) is 5.73 Å². The summed E-state index contributed by atoms with van der Waals surface area (Å²) in [5, 5.41) is 1.91. The molecule has 0 saturated carbocycles. The highest BCUT2D eigenvalue weighted by Gasteiger charge is 2.15. The molecule has 1 rings (SSSR count). The summed E-state index contributed by atoms with van der Waals surface area (Å²) >= 11 is 3.82. The van der Waals surface area contributed by atoms with Crippen LogP contribution in [-0.2, 0) is 0 Å². The SMILES string of the molecule is CC(C)C(N)CCN(C)C(=O)c1csc(I)c1. The van der Waals surface area contributed by atoms with Crippen LogP contribution in [0.5, 0.6) is 0 Å². The fourth-order valence-electron chi connectivity index (χ4n) is 1.42. The van der Waals surface area contributed by atoms with Crippen molar-refractivity contribution in [3.8, 4) is 0 Å². The van der Waals surface area contributed by atoms with E-state index < -0.39 is 0 Å². The van der Waals surface area contributed by atoms with Crippen molar-refractivity contribution >= 4 is 39.8 Å². The maximum atomic E-state index is 12.0. The average molecular weight is 366 g/mol. The molecule has 0 aromatic carbocycles. The second-order valence-electron chi connectivity index (χ2n) is 4.56. The molecule has 0 saturated heterocycles. The van der Waals surface area contributed by atoms with E-state index in [1.807, 2.05) is 18.5 Å². The van der Waals surface area contributed by atoms with Crippen LogP contribution < -0.4 is 5.73 Å². The van der Waals surface area contributed by atoms with Gasteiger partial charge in [0.1, 0.15) is 0 Å². The van der Waals surface area contributed by atoms with E-state index in [0.29, 0.717) is 12.5 Å². The zero-order valence-electron chi connectivity index (χ0n) is 10.4. The van der Waals surface area contributed by atoms with Gasteiger partial charge in [0.2, 0.25) is 0 Å². The van der Waals surface area contributed by atoms with Gasteiger partial charge in [0, 0.05) is 25.0 Å². The van der Waals surface area contributed by atoms with Crippen molar-refractivity contribution in [3.63, 3.8) is 0 Å². The van der Waals surface area contributed by atoms with Crippen molar-refractivity contribution < 1.29 is 4.79 Å². The first-order chi connectivity index (χ1) is 7.91. The highest BCUT2D eigenvalue weighted by atomic mass is 127. The van der Waals surface area contributed by atoms with Crippen LogP contribution in [0.2, 0.25) is 0 Å². The predicted octanol–water partition coefficient (Wildman–Crippen LogP) is 2.80. The molecule has 1 amide bonds. The summed E-state index contributed by atoms with van der Waals surface area (Å²) < 4.78 is 1.14. The topological polar surface area (TPSA) is 46.3 Å². The lowest BCUT2D eigenvalue weighted by Gasteiger charge is -2.21. The Morgan fingerprint density at radius 2 is 2.24 bits per heavy atom. The van der Waals surface area contributed by atoms with Gasteiger partial charge in [-0.2, -0.15) is 0 Å². The molecule has 0 spiro atoms. The fourth-order valence-corrected chi connectivity index (χ4v) is 2.74. The number of carbonyl (C=O) groups excluding carboxylic acids is 1. The number of carbonyl (C=O) groups is 1. The van der Waals surface area contributed by atoms with Crippen LogP contribution >= 0.6 is 33.9 Å². The molecule has 1 unspecified atom stereocenters. The summed E-state index contributed by atoms with van der Waals surface area (Å²) in [6, 6.07) is 2.08. The third-order valence-corrected chi connectivity index (χ3v) is 4.60. The van der Waals surface area contributed by atoms with E-state index >= 15 is 0 Å². The molecule has 3 nitrogen and oxygen atoms in total. The molecule has 0 fully saturated rings. The van der Waals surface area contributed by atoms with Crippen molar-refractivity contribution in [2.75, 3.05) is 13.6 Å². The summed E-state index contributed by atoms with van der Waals surface area (Å²) in [6.45, 7) is 4.92. The van der Waals surface area contributed by atoms with Crippen LogP contribution in [-0.4, -0.2) is 30.4 Å². The summed E-state index contributed by atoms with van der Waals surface area (Å²) in [5.74, 6) is 0.542. The predicted molar refractivity (Wildman–Crippen MR) is 81.4 cm³/mol. The Kier molecular flexibility index (Phi) is 5.88. The number of hydrogen-bond donors (Lipinski definition) is 1. The molecule has 96 valence electrons. The van der Waals surface area contributed by atoms with Gasteiger partial charge in [-0.15, -0.1) is 11.3 Å². The summed E-state index contributed by atoms with van der Waals surface area (Å²) in [7, 11) is 1.83. The first kappa shape index (κ1) is 14.9. The zero-order valence-corrected chi connectivity index (χ0v) is 13.4. The third kappa shape index (κ3) is 4.56. The summed E-state index contributed by atoms with van der Waals surface area (Å²) in [4.78, 5) is 13.8. The van der Waals surface area contributed by atoms with Gasteiger partial charge in [-0.25, -0.2) is 0 Å². The zero-order chi connectivity index (χ0) is 13.0. The van der Waals surface area contributed by atoms with E-state index in [9.17, 15) is 4.79 Å². The van der Waals surface area contributed by atoms with Crippen molar-refractivity contribution in [1.29, 1.82) is 0 Å². The van der Waals surface area contributed by atoms with Crippen molar-refractivity contribution in [1.82, 2.24) is 4.90 Å². The molecule has 1 aromatic rings. The minimum Gasteiger partial charge on any atom is -0.342 e. The quantitative estimate of drug-likeness (QED) is 0.815. The molecule has 0 bridgehead atoms. The standard InChI is InChI=1S/C12H19IN2OS/c1-8(2)10(14)4-5-15(3)12(16)9-6-11(13)17-7-9/h6-8,10H,4-5,14H2,1-3H3. The van der Waals surface area contributed by atoms with Gasteiger partial charge in [0.05, 0.1) is 8.45 Å². The van der Waals surface area contributed by atoms with Gasteiger partial charge < -0.3 is 10.6 Å².